The first-order valence-electron chi connectivity index (χ1n) is 14.8. The fourth-order valence-corrected chi connectivity index (χ4v) is 6.09. The molecular formula is C32H42ClN7O2. The molecule has 1 aromatic heterocycles. The number of likely N-dealkylation sites (N-methyl/N-ethyl adjacent to an activating group) is 1. The van der Waals surface area contributed by atoms with Crippen LogP contribution >= 0.6 is 11.6 Å². The molecule has 9 nitrogen and oxygen atoms in total. The van der Waals surface area contributed by atoms with Crippen molar-refractivity contribution in [2.45, 2.75) is 51.2 Å². The number of fused-ring (bicyclic) bond motifs is 5. The number of allylic oxidation sites excluding steroid dienone is 1. The lowest BCUT2D eigenvalue weighted by atomic mass is 9.98. The van der Waals surface area contributed by atoms with Gasteiger partial charge in [0.15, 0.2) is 0 Å². The monoisotopic (exact) mass is 591 g/mol. The Kier molecular flexibility index (Phi) is 9.16. The highest BCUT2D eigenvalue weighted by molar-refractivity contribution is 6.31. The van der Waals surface area contributed by atoms with E-state index in [0.717, 1.165) is 55.3 Å². The number of hydrogen-bond acceptors (Lipinski definition) is 7. The third-order valence-corrected chi connectivity index (χ3v) is 8.79. The number of hydrogen-bond donors (Lipinski definition) is 1. The molecule has 10 heteroatoms. The van der Waals surface area contributed by atoms with E-state index in [9.17, 15) is 4.79 Å². The van der Waals surface area contributed by atoms with E-state index in [1.807, 2.05) is 16.5 Å². The Morgan fingerprint density at radius 2 is 2.02 bits per heavy atom. The Labute approximate surface area is 254 Å². The highest BCUT2D eigenvalue weighted by atomic mass is 35.5. The fraction of sp³-hybridized carbons (Fsp3) is 0.500. The average Bonchev–Trinajstić information content (AvgIpc) is 3.35. The van der Waals surface area contributed by atoms with Crippen molar-refractivity contribution in [1.82, 2.24) is 29.4 Å². The van der Waals surface area contributed by atoms with Crippen LogP contribution in [0.5, 0.6) is 5.75 Å². The number of benzene rings is 1. The molecule has 2 fully saturated rings. The van der Waals surface area contributed by atoms with Crippen LogP contribution < -0.4 is 10.5 Å². The second kappa shape index (κ2) is 12.8. The van der Waals surface area contributed by atoms with Crippen molar-refractivity contribution in [2.24, 2.45) is 5.73 Å². The lowest BCUT2D eigenvalue weighted by Gasteiger charge is -2.39. The second-order valence-electron chi connectivity index (χ2n) is 11.6. The lowest BCUT2D eigenvalue weighted by molar-refractivity contribution is 0.0600. The molecule has 2 aromatic rings. The zero-order valence-corrected chi connectivity index (χ0v) is 25.7. The molecule has 2 bridgehead atoms. The first-order chi connectivity index (χ1) is 20.2. The van der Waals surface area contributed by atoms with Crippen molar-refractivity contribution in [3.63, 3.8) is 0 Å². The Bertz CT molecular complexity index is 1390. The van der Waals surface area contributed by atoms with Gasteiger partial charge < -0.3 is 25.2 Å². The maximum atomic E-state index is 14.1. The van der Waals surface area contributed by atoms with Gasteiger partial charge >= 0.3 is 0 Å². The molecule has 224 valence electrons. The zero-order chi connectivity index (χ0) is 30.0. The van der Waals surface area contributed by atoms with Crippen molar-refractivity contribution in [3.8, 4) is 18.1 Å². The molecule has 0 spiro atoms. The molecule has 1 amide bonds. The van der Waals surface area contributed by atoms with E-state index in [-0.39, 0.29) is 24.0 Å². The van der Waals surface area contributed by atoms with Crippen molar-refractivity contribution in [1.29, 1.82) is 0 Å². The molecule has 3 aliphatic heterocycles. The molecule has 2 saturated heterocycles. The summed E-state index contributed by atoms with van der Waals surface area (Å²) in [7, 11) is 2.07. The third kappa shape index (κ3) is 6.31. The van der Waals surface area contributed by atoms with Gasteiger partial charge in [-0.3, -0.25) is 9.69 Å². The van der Waals surface area contributed by atoms with Gasteiger partial charge in [0.05, 0.1) is 23.3 Å². The highest BCUT2D eigenvalue weighted by Gasteiger charge is 2.33. The summed E-state index contributed by atoms with van der Waals surface area (Å²) in [5.74, 6) is 4.21. The SMILES string of the molecule is C#CC(C)N1CCOc2ccc(Cl)cc2C(=O)N2CCCCC2c2cc(C)n(n2)/C(=C\C(=C)N2CC(N)C2)N(C)CC1. The lowest BCUT2D eigenvalue weighted by Crippen LogP contribution is -2.54. The van der Waals surface area contributed by atoms with Gasteiger partial charge in [0.1, 0.15) is 18.2 Å². The molecule has 42 heavy (non-hydrogen) atoms. The molecule has 2 unspecified atom stereocenters. The molecule has 4 heterocycles. The summed E-state index contributed by atoms with van der Waals surface area (Å²) in [5, 5.41) is 5.63. The smallest absolute Gasteiger partial charge is 0.258 e. The summed E-state index contributed by atoms with van der Waals surface area (Å²) in [6, 6.07) is 7.28. The molecule has 2 N–H and O–H groups in total. The molecule has 1 aromatic carbocycles. The summed E-state index contributed by atoms with van der Waals surface area (Å²) in [6.45, 7) is 13.0. The van der Waals surface area contributed by atoms with E-state index in [4.69, 9.17) is 33.6 Å². The highest BCUT2D eigenvalue weighted by Crippen LogP contribution is 2.35. The maximum absolute atomic E-state index is 14.1. The van der Waals surface area contributed by atoms with E-state index >= 15 is 0 Å². The zero-order valence-electron chi connectivity index (χ0n) is 24.9. The molecular weight excluding hydrogens is 550 g/mol. The molecule has 0 radical (unpaired) electrons. The van der Waals surface area contributed by atoms with Gasteiger partial charge in [0, 0.05) is 74.8 Å². The topological polar surface area (TPSA) is 83.1 Å². The first-order valence-corrected chi connectivity index (χ1v) is 15.2. The Balaban J connectivity index is 1.58. The normalized spacial score (nSPS) is 22.6. The molecule has 0 aliphatic carbocycles. The van der Waals surface area contributed by atoms with Gasteiger partial charge in [-0.15, -0.1) is 6.42 Å². The predicted molar refractivity (Wildman–Crippen MR) is 167 cm³/mol. The number of amides is 1. The van der Waals surface area contributed by atoms with Crippen molar-refractivity contribution >= 4 is 23.3 Å². The summed E-state index contributed by atoms with van der Waals surface area (Å²) < 4.78 is 8.21. The van der Waals surface area contributed by atoms with E-state index in [0.29, 0.717) is 49.1 Å². The van der Waals surface area contributed by atoms with Gasteiger partial charge in [-0.1, -0.05) is 24.1 Å². The number of rotatable bonds is 3. The second-order valence-corrected chi connectivity index (χ2v) is 12.0. The molecule has 0 saturated carbocycles. The van der Waals surface area contributed by atoms with Crippen LogP contribution in [0.2, 0.25) is 5.02 Å². The largest absolute Gasteiger partial charge is 0.491 e. The van der Waals surface area contributed by atoms with Gasteiger partial charge in [0.2, 0.25) is 0 Å². The van der Waals surface area contributed by atoms with Gasteiger partial charge in [0.25, 0.3) is 5.91 Å². The number of halogens is 1. The van der Waals surface area contributed by atoms with Crippen LogP contribution in [0, 0.1) is 19.3 Å². The molecule has 3 aliphatic rings. The van der Waals surface area contributed by atoms with Crippen molar-refractivity contribution < 1.29 is 9.53 Å². The van der Waals surface area contributed by atoms with Crippen LogP contribution in [0.1, 0.15) is 54.0 Å². The number of likely N-dealkylation sites (tertiary alicyclic amines) is 1. The number of aromatic nitrogens is 2. The van der Waals surface area contributed by atoms with Gasteiger partial charge in [-0.2, -0.15) is 5.10 Å². The van der Waals surface area contributed by atoms with Crippen LogP contribution in [0.15, 0.2) is 42.6 Å². The number of nitrogens with zero attached hydrogens (tertiary/aromatic N) is 6. The number of nitrogens with two attached hydrogens (primary N) is 1. The summed E-state index contributed by atoms with van der Waals surface area (Å²) >= 11 is 6.39. The Hall–Kier alpha value is -3.45. The van der Waals surface area contributed by atoms with Crippen LogP contribution in [0.25, 0.3) is 5.82 Å². The molecule has 2 atom stereocenters. The number of ether oxygens (including phenoxy) is 1. The molecule has 5 rings (SSSR count). The summed E-state index contributed by atoms with van der Waals surface area (Å²) in [5.41, 5.74) is 9.28. The first kappa shape index (κ1) is 30.0. The predicted octanol–water partition coefficient (Wildman–Crippen LogP) is 3.82. The van der Waals surface area contributed by atoms with E-state index < -0.39 is 0 Å². The Morgan fingerprint density at radius 3 is 2.76 bits per heavy atom. The number of carbonyl (C=O) groups excluding carboxylic acids is 1. The van der Waals surface area contributed by atoms with Gasteiger partial charge in [-0.05, 0) is 57.4 Å². The third-order valence-electron chi connectivity index (χ3n) is 8.55. The standard InChI is InChI=1S/C32H42ClN7O2/c1-6-22(2)37-14-13-36(5)31(18-23(3)38-20-26(34)21-38)40-24(4)17-28(35-40)29-9-7-8-12-39(29)32(41)27-19-25(33)10-11-30(27)42-16-15-37/h1,10-11,17-19,22,26,29H,3,7-9,12-16,20-21,34H2,2,4-5H3/b31-18-. The number of aryl methyl sites for hydroxylation is 1. The van der Waals surface area contributed by atoms with Crippen LogP contribution in [-0.4, -0.2) is 100 Å². The van der Waals surface area contributed by atoms with Crippen molar-refractivity contribution in [2.75, 3.05) is 52.9 Å². The minimum atomic E-state index is -0.152. The van der Waals surface area contributed by atoms with Gasteiger partial charge in [-0.25, -0.2) is 4.68 Å². The van der Waals surface area contributed by atoms with E-state index in [2.05, 4.69) is 53.3 Å². The van der Waals surface area contributed by atoms with Crippen molar-refractivity contribution in [3.05, 3.63) is 64.6 Å². The van der Waals surface area contributed by atoms with Crippen LogP contribution in [0.3, 0.4) is 0 Å². The van der Waals surface area contributed by atoms with E-state index in [1.54, 1.807) is 18.2 Å². The quantitative estimate of drug-likeness (QED) is 0.544. The maximum Gasteiger partial charge on any atom is 0.258 e. The number of piperidine rings is 1. The van der Waals surface area contributed by atoms with Crippen LogP contribution in [-0.2, 0) is 0 Å². The Morgan fingerprint density at radius 1 is 1.24 bits per heavy atom. The summed E-state index contributed by atoms with van der Waals surface area (Å²) in [6.07, 6.45) is 10.7. The minimum Gasteiger partial charge on any atom is -0.491 e. The number of carbonyl (C=O) groups is 1. The van der Waals surface area contributed by atoms with Crippen LogP contribution in [0.4, 0.5) is 0 Å². The van der Waals surface area contributed by atoms with E-state index in [1.165, 1.54) is 0 Å². The number of terminal acetylenes is 1. The average molecular weight is 592 g/mol. The fourth-order valence-electron chi connectivity index (χ4n) is 5.92. The summed E-state index contributed by atoms with van der Waals surface area (Å²) in [4.78, 5) is 22.6. The minimum absolute atomic E-state index is 0.0932.